The number of aromatic nitrogens is 2. The van der Waals surface area contributed by atoms with Crippen LogP contribution in [0.15, 0.2) is 47.3 Å². The van der Waals surface area contributed by atoms with Crippen molar-refractivity contribution >= 4 is 5.91 Å². The van der Waals surface area contributed by atoms with Crippen molar-refractivity contribution in [3.8, 4) is 11.3 Å². The van der Waals surface area contributed by atoms with Crippen molar-refractivity contribution in [2.75, 3.05) is 26.2 Å². The fraction of sp³-hybridized carbons (Fsp3) is 0.522. The van der Waals surface area contributed by atoms with Gasteiger partial charge in [0, 0.05) is 50.3 Å². The summed E-state index contributed by atoms with van der Waals surface area (Å²) < 4.78 is 1.42. The van der Waals surface area contributed by atoms with Crippen molar-refractivity contribution in [3.63, 3.8) is 0 Å². The minimum absolute atomic E-state index is 0.118. The summed E-state index contributed by atoms with van der Waals surface area (Å²) in [5.74, 6) is 0.118. The highest BCUT2D eigenvalue weighted by Gasteiger charge is 2.26. The highest BCUT2D eigenvalue weighted by atomic mass is 16.2. The maximum absolute atomic E-state index is 12.7. The van der Waals surface area contributed by atoms with Gasteiger partial charge in [-0.05, 0) is 18.9 Å². The van der Waals surface area contributed by atoms with E-state index in [-0.39, 0.29) is 11.5 Å². The lowest BCUT2D eigenvalue weighted by molar-refractivity contribution is -0.133. The predicted molar refractivity (Wildman–Crippen MR) is 114 cm³/mol. The molecule has 0 bridgehead atoms. The van der Waals surface area contributed by atoms with E-state index >= 15 is 0 Å². The summed E-state index contributed by atoms with van der Waals surface area (Å²) >= 11 is 0. The Hall–Kier alpha value is -2.47. The summed E-state index contributed by atoms with van der Waals surface area (Å²) in [6.45, 7) is 3.85. The molecule has 0 radical (unpaired) electrons. The Morgan fingerprint density at radius 1 is 0.931 bits per heavy atom. The molecule has 1 aromatic carbocycles. The van der Waals surface area contributed by atoms with Gasteiger partial charge in [-0.1, -0.05) is 49.6 Å². The molecule has 0 atom stereocenters. The Kier molecular flexibility index (Phi) is 6.39. The summed E-state index contributed by atoms with van der Waals surface area (Å²) in [7, 11) is 0. The Bertz CT molecular complexity index is 866. The molecule has 1 saturated carbocycles. The van der Waals surface area contributed by atoms with E-state index in [1.165, 1.54) is 42.9 Å². The van der Waals surface area contributed by atoms with Gasteiger partial charge in [-0.2, -0.15) is 5.10 Å². The average molecular weight is 395 g/mol. The molecule has 2 fully saturated rings. The number of aryl methyl sites for hydroxylation is 1. The van der Waals surface area contributed by atoms with E-state index in [2.05, 4.69) is 10.00 Å². The van der Waals surface area contributed by atoms with Crippen molar-refractivity contribution < 1.29 is 4.79 Å². The van der Waals surface area contributed by atoms with Crippen molar-refractivity contribution in [3.05, 3.63) is 52.8 Å². The van der Waals surface area contributed by atoms with Gasteiger partial charge in [0.25, 0.3) is 5.56 Å². The van der Waals surface area contributed by atoms with Crippen LogP contribution in [0.4, 0.5) is 0 Å². The fourth-order valence-corrected chi connectivity index (χ4v) is 4.51. The number of carbonyl (C=O) groups excluding carboxylic acids is 1. The first kappa shape index (κ1) is 19.8. The highest BCUT2D eigenvalue weighted by molar-refractivity contribution is 5.76. The zero-order valence-corrected chi connectivity index (χ0v) is 17.0. The molecule has 2 aromatic rings. The van der Waals surface area contributed by atoms with E-state index in [1.807, 2.05) is 35.2 Å². The standard InChI is InChI=1S/C23H30N4O2/c28-22(26-17-15-25(16-18-26)20-9-5-2-6-10-20)13-14-27-23(29)12-11-21(24-27)19-7-3-1-4-8-19/h1,3-4,7-8,11-12,20H,2,5-6,9-10,13-18H2. The molecule has 1 saturated heterocycles. The van der Waals surface area contributed by atoms with E-state index in [0.29, 0.717) is 19.0 Å². The molecular formula is C23H30N4O2. The van der Waals surface area contributed by atoms with Crippen molar-refractivity contribution in [2.45, 2.75) is 51.1 Å². The van der Waals surface area contributed by atoms with Crippen LogP contribution in [0.2, 0.25) is 0 Å². The number of piperazine rings is 1. The lowest BCUT2D eigenvalue weighted by Gasteiger charge is -2.40. The first-order valence-corrected chi connectivity index (χ1v) is 10.9. The van der Waals surface area contributed by atoms with Crippen molar-refractivity contribution in [1.82, 2.24) is 19.6 Å². The quantitative estimate of drug-likeness (QED) is 0.783. The number of hydrogen-bond acceptors (Lipinski definition) is 4. The largest absolute Gasteiger partial charge is 0.340 e. The monoisotopic (exact) mass is 394 g/mol. The predicted octanol–water partition coefficient (Wildman–Crippen LogP) is 2.78. The minimum atomic E-state index is -0.167. The molecule has 1 aliphatic heterocycles. The summed E-state index contributed by atoms with van der Waals surface area (Å²) in [5, 5.41) is 4.46. The third-order valence-electron chi connectivity index (χ3n) is 6.23. The first-order chi connectivity index (χ1) is 14.2. The number of nitrogens with zero attached hydrogens (tertiary/aromatic N) is 4. The van der Waals surface area contributed by atoms with Gasteiger partial charge in [0.05, 0.1) is 12.2 Å². The summed E-state index contributed by atoms with van der Waals surface area (Å²) in [6.07, 6.45) is 6.98. The molecule has 4 rings (SSSR count). The molecular weight excluding hydrogens is 364 g/mol. The van der Waals surface area contributed by atoms with E-state index < -0.39 is 0 Å². The van der Waals surface area contributed by atoms with Crippen LogP contribution in [-0.4, -0.2) is 57.7 Å². The Balaban J connectivity index is 1.31. The van der Waals surface area contributed by atoms with Gasteiger partial charge in [-0.25, -0.2) is 4.68 Å². The molecule has 2 heterocycles. The Labute approximate surface area is 172 Å². The van der Waals surface area contributed by atoms with Crippen LogP contribution in [0.25, 0.3) is 11.3 Å². The molecule has 1 aliphatic carbocycles. The molecule has 0 N–H and O–H groups in total. The number of amides is 1. The van der Waals surface area contributed by atoms with Gasteiger partial charge >= 0.3 is 0 Å². The van der Waals surface area contributed by atoms with Gasteiger partial charge in [-0.15, -0.1) is 0 Å². The number of carbonyl (C=O) groups is 1. The minimum Gasteiger partial charge on any atom is -0.340 e. The Morgan fingerprint density at radius 3 is 2.38 bits per heavy atom. The fourth-order valence-electron chi connectivity index (χ4n) is 4.51. The topological polar surface area (TPSA) is 58.4 Å². The first-order valence-electron chi connectivity index (χ1n) is 10.9. The molecule has 6 heteroatoms. The van der Waals surface area contributed by atoms with Gasteiger partial charge in [-0.3, -0.25) is 14.5 Å². The van der Waals surface area contributed by atoms with Gasteiger partial charge in [0.15, 0.2) is 0 Å². The second kappa shape index (κ2) is 9.35. The SMILES string of the molecule is O=C(CCn1nc(-c2ccccc2)ccc1=O)N1CCN(C2CCCCC2)CC1. The zero-order chi connectivity index (χ0) is 20.1. The molecule has 154 valence electrons. The number of hydrogen-bond donors (Lipinski definition) is 0. The molecule has 1 amide bonds. The molecule has 0 unspecified atom stereocenters. The van der Waals surface area contributed by atoms with E-state index in [4.69, 9.17) is 0 Å². The summed E-state index contributed by atoms with van der Waals surface area (Å²) in [6, 6.07) is 13.8. The molecule has 0 spiro atoms. The summed E-state index contributed by atoms with van der Waals surface area (Å²) in [4.78, 5) is 29.4. The van der Waals surface area contributed by atoms with Crippen molar-refractivity contribution in [2.24, 2.45) is 0 Å². The van der Waals surface area contributed by atoms with Gasteiger partial charge in [0.1, 0.15) is 0 Å². The third-order valence-corrected chi connectivity index (χ3v) is 6.23. The van der Waals surface area contributed by atoms with E-state index in [0.717, 1.165) is 37.4 Å². The van der Waals surface area contributed by atoms with Crippen LogP contribution in [0.1, 0.15) is 38.5 Å². The van der Waals surface area contributed by atoms with Crippen molar-refractivity contribution in [1.29, 1.82) is 0 Å². The van der Waals surface area contributed by atoms with Crippen LogP contribution in [-0.2, 0) is 11.3 Å². The van der Waals surface area contributed by atoms with Crippen LogP contribution >= 0.6 is 0 Å². The molecule has 29 heavy (non-hydrogen) atoms. The second-order valence-electron chi connectivity index (χ2n) is 8.10. The normalized spacial score (nSPS) is 18.7. The smallest absolute Gasteiger partial charge is 0.266 e. The molecule has 6 nitrogen and oxygen atoms in total. The van der Waals surface area contributed by atoms with E-state index in [1.54, 1.807) is 6.07 Å². The highest BCUT2D eigenvalue weighted by Crippen LogP contribution is 2.23. The Morgan fingerprint density at radius 2 is 1.66 bits per heavy atom. The number of benzene rings is 1. The lowest BCUT2D eigenvalue weighted by atomic mass is 9.94. The average Bonchev–Trinajstić information content (AvgIpc) is 2.79. The number of rotatable bonds is 5. The van der Waals surface area contributed by atoms with Crippen LogP contribution in [0.3, 0.4) is 0 Å². The maximum atomic E-state index is 12.7. The van der Waals surface area contributed by atoms with Crippen LogP contribution in [0, 0.1) is 0 Å². The molecule has 2 aliphatic rings. The van der Waals surface area contributed by atoms with Gasteiger partial charge in [0.2, 0.25) is 5.91 Å². The maximum Gasteiger partial charge on any atom is 0.266 e. The van der Waals surface area contributed by atoms with Crippen LogP contribution < -0.4 is 5.56 Å². The lowest BCUT2D eigenvalue weighted by Crippen LogP contribution is -2.52. The van der Waals surface area contributed by atoms with E-state index in [9.17, 15) is 9.59 Å². The zero-order valence-electron chi connectivity index (χ0n) is 17.0. The van der Waals surface area contributed by atoms with Crippen LogP contribution in [0.5, 0.6) is 0 Å². The third kappa shape index (κ3) is 4.93. The second-order valence-corrected chi connectivity index (χ2v) is 8.10. The summed E-state index contributed by atoms with van der Waals surface area (Å²) in [5.41, 5.74) is 1.55. The molecule has 1 aromatic heterocycles. The van der Waals surface area contributed by atoms with Gasteiger partial charge < -0.3 is 4.90 Å².